The zero-order chi connectivity index (χ0) is 9.03. The van der Waals surface area contributed by atoms with E-state index in [1.54, 1.807) is 7.11 Å². The Balaban J connectivity index is 2.44. The van der Waals surface area contributed by atoms with Gasteiger partial charge in [0, 0.05) is 7.11 Å². The molecular formula is C9H13NO2. The number of ether oxygens (including phenoxy) is 1. The number of amides is 1. The third-order valence-electron chi connectivity index (χ3n) is 2.32. The maximum Gasteiger partial charge on any atom is 0.252 e. The van der Waals surface area contributed by atoms with Crippen molar-refractivity contribution in [2.75, 3.05) is 13.7 Å². The third kappa shape index (κ3) is 1.44. The molecule has 12 heavy (non-hydrogen) atoms. The summed E-state index contributed by atoms with van der Waals surface area (Å²) >= 11 is 0. The summed E-state index contributed by atoms with van der Waals surface area (Å²) in [7, 11) is 1.56. The second-order valence-corrected chi connectivity index (χ2v) is 2.94. The van der Waals surface area contributed by atoms with Crippen molar-refractivity contribution in [1.82, 2.24) is 5.32 Å². The van der Waals surface area contributed by atoms with Crippen LogP contribution in [-0.4, -0.2) is 25.2 Å². The minimum Gasteiger partial charge on any atom is -0.368 e. The number of terminal acetylenes is 1. The van der Waals surface area contributed by atoms with E-state index in [-0.39, 0.29) is 12.5 Å². The summed E-state index contributed by atoms with van der Waals surface area (Å²) in [5.74, 6) is 2.28. The molecule has 0 unspecified atom stereocenters. The summed E-state index contributed by atoms with van der Waals surface area (Å²) in [4.78, 5) is 11.4. The first-order valence-electron chi connectivity index (χ1n) is 4.02. The maximum atomic E-state index is 11.4. The molecule has 1 rings (SSSR count). The second-order valence-electron chi connectivity index (χ2n) is 2.94. The molecule has 0 aromatic rings. The quantitative estimate of drug-likeness (QED) is 0.614. The molecule has 1 fully saturated rings. The van der Waals surface area contributed by atoms with Crippen LogP contribution in [0.4, 0.5) is 0 Å². The van der Waals surface area contributed by atoms with Crippen molar-refractivity contribution >= 4 is 5.91 Å². The van der Waals surface area contributed by atoms with Gasteiger partial charge in [0.05, 0.1) is 6.54 Å². The first-order chi connectivity index (χ1) is 5.75. The van der Waals surface area contributed by atoms with Gasteiger partial charge in [-0.25, -0.2) is 0 Å². The lowest BCUT2D eigenvalue weighted by Crippen LogP contribution is -2.53. The van der Waals surface area contributed by atoms with Crippen molar-refractivity contribution in [2.24, 2.45) is 0 Å². The highest BCUT2D eigenvalue weighted by Gasteiger charge is 2.44. The lowest BCUT2D eigenvalue weighted by Gasteiger charge is -2.38. The summed E-state index contributed by atoms with van der Waals surface area (Å²) in [6, 6.07) is 0. The highest BCUT2D eigenvalue weighted by Crippen LogP contribution is 2.34. The Hall–Kier alpha value is -1.01. The Kier molecular flexibility index (Phi) is 2.72. The van der Waals surface area contributed by atoms with E-state index in [1.165, 1.54) is 0 Å². The van der Waals surface area contributed by atoms with Crippen molar-refractivity contribution in [1.29, 1.82) is 0 Å². The molecule has 0 atom stereocenters. The van der Waals surface area contributed by atoms with E-state index in [1.807, 2.05) is 0 Å². The Labute approximate surface area is 72.5 Å². The number of hydrogen-bond donors (Lipinski definition) is 1. The molecule has 3 nitrogen and oxygen atoms in total. The van der Waals surface area contributed by atoms with Crippen molar-refractivity contribution in [2.45, 2.75) is 24.9 Å². The van der Waals surface area contributed by atoms with Crippen molar-refractivity contribution in [3.05, 3.63) is 0 Å². The normalized spacial score (nSPS) is 19.0. The fourth-order valence-electron chi connectivity index (χ4n) is 1.31. The van der Waals surface area contributed by atoms with Crippen LogP contribution in [0.1, 0.15) is 19.3 Å². The first-order valence-corrected chi connectivity index (χ1v) is 4.02. The average Bonchev–Trinajstić information content (AvgIpc) is 2.00. The number of methoxy groups -OCH3 is 1. The van der Waals surface area contributed by atoms with E-state index in [2.05, 4.69) is 11.2 Å². The molecule has 3 heteroatoms. The van der Waals surface area contributed by atoms with Gasteiger partial charge < -0.3 is 10.1 Å². The van der Waals surface area contributed by atoms with Gasteiger partial charge in [-0.05, 0) is 19.3 Å². The predicted molar refractivity (Wildman–Crippen MR) is 45.4 cm³/mol. The minimum absolute atomic E-state index is 0.0748. The van der Waals surface area contributed by atoms with Crippen LogP contribution in [0.25, 0.3) is 0 Å². The average molecular weight is 167 g/mol. The van der Waals surface area contributed by atoms with E-state index in [4.69, 9.17) is 11.2 Å². The van der Waals surface area contributed by atoms with Gasteiger partial charge in [0.15, 0.2) is 0 Å². The Morgan fingerprint density at radius 2 is 2.42 bits per heavy atom. The second kappa shape index (κ2) is 3.59. The summed E-state index contributed by atoms with van der Waals surface area (Å²) in [5, 5.41) is 2.63. The summed E-state index contributed by atoms with van der Waals surface area (Å²) in [6.07, 6.45) is 7.68. The molecule has 1 amide bonds. The molecular weight excluding hydrogens is 154 g/mol. The van der Waals surface area contributed by atoms with Crippen LogP contribution in [0.2, 0.25) is 0 Å². The van der Waals surface area contributed by atoms with Gasteiger partial charge in [-0.15, -0.1) is 6.42 Å². The molecule has 0 aromatic heterocycles. The molecule has 1 aliphatic carbocycles. The Bertz CT molecular complexity index is 208. The van der Waals surface area contributed by atoms with Crippen LogP contribution in [0.15, 0.2) is 0 Å². The van der Waals surface area contributed by atoms with Crippen LogP contribution < -0.4 is 5.32 Å². The van der Waals surface area contributed by atoms with E-state index in [0.717, 1.165) is 19.3 Å². The topological polar surface area (TPSA) is 38.3 Å². The molecule has 0 aromatic carbocycles. The van der Waals surface area contributed by atoms with E-state index in [9.17, 15) is 4.79 Å². The molecule has 0 spiro atoms. The fraction of sp³-hybridized carbons (Fsp3) is 0.667. The van der Waals surface area contributed by atoms with Crippen LogP contribution in [0.5, 0.6) is 0 Å². The number of hydrogen-bond acceptors (Lipinski definition) is 2. The van der Waals surface area contributed by atoms with E-state index in [0.29, 0.717) is 0 Å². The van der Waals surface area contributed by atoms with Gasteiger partial charge in [-0.2, -0.15) is 0 Å². The van der Waals surface area contributed by atoms with Crippen molar-refractivity contribution in [3.8, 4) is 12.3 Å². The zero-order valence-electron chi connectivity index (χ0n) is 7.22. The molecule has 66 valence electrons. The van der Waals surface area contributed by atoms with Crippen LogP contribution in [0, 0.1) is 12.3 Å². The van der Waals surface area contributed by atoms with E-state index >= 15 is 0 Å². The number of rotatable bonds is 3. The SMILES string of the molecule is C#CCNC(=O)C1(OC)CCC1. The van der Waals surface area contributed by atoms with Crippen LogP contribution in [-0.2, 0) is 9.53 Å². The first kappa shape index (κ1) is 9.08. The third-order valence-corrected chi connectivity index (χ3v) is 2.32. The van der Waals surface area contributed by atoms with E-state index < -0.39 is 5.60 Å². The van der Waals surface area contributed by atoms with Gasteiger partial charge in [0.25, 0.3) is 5.91 Å². The highest BCUT2D eigenvalue weighted by molar-refractivity contribution is 5.86. The van der Waals surface area contributed by atoms with Crippen molar-refractivity contribution < 1.29 is 9.53 Å². The lowest BCUT2D eigenvalue weighted by molar-refractivity contribution is -0.153. The monoisotopic (exact) mass is 167 g/mol. The van der Waals surface area contributed by atoms with Crippen LogP contribution >= 0.6 is 0 Å². The lowest BCUT2D eigenvalue weighted by atomic mass is 9.79. The molecule has 1 saturated carbocycles. The highest BCUT2D eigenvalue weighted by atomic mass is 16.5. The van der Waals surface area contributed by atoms with Gasteiger partial charge in [0.2, 0.25) is 0 Å². The maximum absolute atomic E-state index is 11.4. The van der Waals surface area contributed by atoms with Gasteiger partial charge in [-0.3, -0.25) is 4.79 Å². The Morgan fingerprint density at radius 1 is 1.75 bits per heavy atom. The molecule has 1 aliphatic rings. The van der Waals surface area contributed by atoms with Gasteiger partial charge >= 0.3 is 0 Å². The van der Waals surface area contributed by atoms with Gasteiger partial charge in [0.1, 0.15) is 5.60 Å². The summed E-state index contributed by atoms with van der Waals surface area (Å²) in [6.45, 7) is 0.282. The number of carbonyl (C=O) groups excluding carboxylic acids is 1. The Morgan fingerprint density at radius 3 is 2.75 bits per heavy atom. The minimum atomic E-state index is -0.573. The molecule has 0 saturated heterocycles. The summed E-state index contributed by atoms with van der Waals surface area (Å²) < 4.78 is 5.15. The zero-order valence-corrected chi connectivity index (χ0v) is 7.22. The molecule has 0 heterocycles. The molecule has 0 radical (unpaired) electrons. The predicted octanol–water partition coefficient (Wildman–Crippen LogP) is 0.305. The molecule has 1 N–H and O–H groups in total. The largest absolute Gasteiger partial charge is 0.368 e. The molecule has 0 bridgehead atoms. The summed E-state index contributed by atoms with van der Waals surface area (Å²) in [5.41, 5.74) is -0.573. The number of nitrogens with one attached hydrogen (secondary N) is 1. The van der Waals surface area contributed by atoms with Gasteiger partial charge in [-0.1, -0.05) is 5.92 Å². The smallest absolute Gasteiger partial charge is 0.252 e. The molecule has 0 aliphatic heterocycles. The number of carbonyl (C=O) groups is 1. The van der Waals surface area contributed by atoms with Crippen LogP contribution in [0.3, 0.4) is 0 Å². The fourth-order valence-corrected chi connectivity index (χ4v) is 1.31. The standard InChI is InChI=1S/C9H13NO2/c1-3-7-10-8(11)9(12-2)5-4-6-9/h1H,4-7H2,2H3,(H,10,11). The van der Waals surface area contributed by atoms with Crippen molar-refractivity contribution in [3.63, 3.8) is 0 Å².